The monoisotopic (exact) mass is 233 g/mol. The van der Waals surface area contributed by atoms with Crippen LogP contribution in [0.2, 0.25) is 0 Å². The van der Waals surface area contributed by atoms with Gasteiger partial charge in [0.05, 0.1) is 0 Å². The number of carbonyl (C=O) groups is 1. The Labute approximate surface area is 101 Å². The molecule has 1 N–H and O–H groups in total. The molecule has 1 aromatic rings. The van der Waals surface area contributed by atoms with Crippen LogP contribution in [0.5, 0.6) is 0 Å². The summed E-state index contributed by atoms with van der Waals surface area (Å²) in [6.07, 6.45) is 6.21. The summed E-state index contributed by atoms with van der Waals surface area (Å²) in [6.45, 7) is 0. The summed E-state index contributed by atoms with van der Waals surface area (Å²) in [7, 11) is 0. The van der Waals surface area contributed by atoms with Gasteiger partial charge in [0.2, 0.25) is 0 Å². The fourth-order valence-electron chi connectivity index (χ4n) is 1.43. The number of carbonyl (C=O) groups excluding carboxylic acids is 1. The lowest BCUT2D eigenvalue weighted by atomic mass is 10.1. The van der Waals surface area contributed by atoms with Crippen LogP contribution in [0.4, 0.5) is 0 Å². The fourth-order valence-corrected chi connectivity index (χ4v) is 1.54. The van der Waals surface area contributed by atoms with E-state index >= 15 is 0 Å². The van der Waals surface area contributed by atoms with Gasteiger partial charge in [-0.2, -0.15) is 12.6 Å². The average molecular weight is 233 g/mol. The van der Waals surface area contributed by atoms with E-state index in [4.69, 9.17) is 0 Å². The molecule has 0 radical (unpaired) electrons. The lowest BCUT2D eigenvalue weighted by molar-refractivity contribution is 0.0951. The molecular weight excluding hydrogens is 218 g/mol. The topological polar surface area (TPSA) is 29.1 Å². The van der Waals surface area contributed by atoms with Gasteiger partial charge in [-0.3, -0.25) is 4.79 Å². The minimum atomic E-state index is 0.0345. The molecule has 1 aromatic carbocycles. The van der Waals surface area contributed by atoms with Crippen LogP contribution in [-0.4, -0.2) is 17.7 Å². The van der Waals surface area contributed by atoms with Gasteiger partial charge in [-0.1, -0.05) is 24.3 Å². The molecule has 3 heteroatoms. The average Bonchev–Trinajstić information content (AvgIpc) is 3.11. The molecular formula is C13H15NOS. The van der Waals surface area contributed by atoms with Crippen LogP contribution in [0.25, 0.3) is 6.08 Å². The predicted molar refractivity (Wildman–Crippen MR) is 69.8 cm³/mol. The third kappa shape index (κ3) is 3.14. The van der Waals surface area contributed by atoms with Crippen molar-refractivity contribution in [2.75, 3.05) is 5.75 Å². The molecule has 0 spiro atoms. The van der Waals surface area contributed by atoms with E-state index in [0.29, 0.717) is 6.04 Å². The molecule has 0 heterocycles. The molecule has 0 aromatic heterocycles. The van der Waals surface area contributed by atoms with Crippen LogP contribution in [0, 0.1) is 0 Å². The van der Waals surface area contributed by atoms with Gasteiger partial charge in [0.25, 0.3) is 5.91 Å². The summed E-state index contributed by atoms with van der Waals surface area (Å²) >= 11 is 4.10. The molecule has 1 aliphatic rings. The first-order chi connectivity index (χ1) is 7.79. The Morgan fingerprint density at radius 3 is 2.62 bits per heavy atom. The molecule has 1 aliphatic carbocycles. The molecule has 0 saturated heterocycles. The summed E-state index contributed by atoms with van der Waals surface area (Å²) in [5, 5.41) is 2.96. The second kappa shape index (κ2) is 5.21. The summed E-state index contributed by atoms with van der Waals surface area (Å²) in [6, 6.07) is 8.02. The second-order valence-corrected chi connectivity index (χ2v) is 4.32. The number of amides is 1. The molecule has 2 rings (SSSR count). The van der Waals surface area contributed by atoms with Crippen LogP contribution in [0.15, 0.2) is 30.3 Å². The zero-order valence-corrected chi connectivity index (χ0v) is 9.91. The Morgan fingerprint density at radius 2 is 2.06 bits per heavy atom. The first-order valence-electron chi connectivity index (χ1n) is 5.48. The molecule has 0 aliphatic heterocycles. The third-order valence-corrected chi connectivity index (χ3v) is 2.71. The van der Waals surface area contributed by atoms with Crippen molar-refractivity contribution in [3.63, 3.8) is 0 Å². The Bertz CT molecular complexity index is 393. The predicted octanol–water partition coefficient (Wildman–Crippen LogP) is 2.52. The third-order valence-electron chi connectivity index (χ3n) is 2.50. The van der Waals surface area contributed by atoms with Crippen molar-refractivity contribution in [3.8, 4) is 0 Å². The van der Waals surface area contributed by atoms with Gasteiger partial charge in [-0.05, 0) is 30.5 Å². The minimum absolute atomic E-state index is 0.0345. The Hall–Kier alpha value is -1.22. The Morgan fingerprint density at radius 1 is 1.38 bits per heavy atom. The number of nitrogens with one attached hydrogen (secondary N) is 1. The molecule has 2 nitrogen and oxygen atoms in total. The fraction of sp³-hybridized carbons (Fsp3) is 0.308. The van der Waals surface area contributed by atoms with E-state index < -0.39 is 0 Å². The number of hydrogen-bond acceptors (Lipinski definition) is 2. The van der Waals surface area contributed by atoms with Crippen molar-refractivity contribution in [2.24, 2.45) is 0 Å². The minimum Gasteiger partial charge on any atom is -0.349 e. The van der Waals surface area contributed by atoms with Crippen LogP contribution in [-0.2, 0) is 0 Å². The van der Waals surface area contributed by atoms with Crippen molar-refractivity contribution >= 4 is 24.6 Å². The van der Waals surface area contributed by atoms with E-state index in [1.54, 1.807) is 0 Å². The van der Waals surface area contributed by atoms with Gasteiger partial charge < -0.3 is 5.32 Å². The molecule has 1 saturated carbocycles. The number of thiol groups is 1. The summed E-state index contributed by atoms with van der Waals surface area (Å²) < 4.78 is 0. The van der Waals surface area contributed by atoms with Crippen LogP contribution < -0.4 is 5.32 Å². The van der Waals surface area contributed by atoms with Crippen molar-refractivity contribution in [2.45, 2.75) is 18.9 Å². The van der Waals surface area contributed by atoms with Crippen LogP contribution in [0.3, 0.4) is 0 Å². The number of hydrogen-bond donors (Lipinski definition) is 2. The van der Waals surface area contributed by atoms with Gasteiger partial charge in [-0.25, -0.2) is 0 Å². The molecule has 0 atom stereocenters. The van der Waals surface area contributed by atoms with E-state index in [2.05, 4.69) is 17.9 Å². The van der Waals surface area contributed by atoms with Crippen LogP contribution >= 0.6 is 12.6 Å². The zero-order chi connectivity index (χ0) is 11.4. The molecule has 0 bridgehead atoms. The summed E-state index contributed by atoms with van der Waals surface area (Å²) in [5.41, 5.74) is 1.83. The highest BCUT2D eigenvalue weighted by atomic mass is 32.1. The zero-order valence-electron chi connectivity index (χ0n) is 9.02. The molecule has 84 valence electrons. The largest absolute Gasteiger partial charge is 0.349 e. The highest BCUT2D eigenvalue weighted by Crippen LogP contribution is 2.19. The van der Waals surface area contributed by atoms with Crippen molar-refractivity contribution in [1.29, 1.82) is 0 Å². The van der Waals surface area contributed by atoms with Gasteiger partial charge in [-0.15, -0.1) is 0 Å². The van der Waals surface area contributed by atoms with E-state index in [-0.39, 0.29) is 5.91 Å². The van der Waals surface area contributed by atoms with E-state index in [0.717, 1.165) is 29.7 Å². The maximum absolute atomic E-state index is 11.7. The Kier molecular flexibility index (Phi) is 3.67. The first-order valence-corrected chi connectivity index (χ1v) is 6.11. The van der Waals surface area contributed by atoms with Crippen molar-refractivity contribution in [1.82, 2.24) is 5.32 Å². The summed E-state index contributed by atoms with van der Waals surface area (Å²) in [4.78, 5) is 11.7. The van der Waals surface area contributed by atoms with E-state index in [1.165, 1.54) is 0 Å². The SMILES string of the molecule is O=C(NC1CC1)c1ccc(C=CCS)cc1. The maximum Gasteiger partial charge on any atom is 0.251 e. The van der Waals surface area contributed by atoms with E-state index in [1.807, 2.05) is 36.4 Å². The van der Waals surface area contributed by atoms with Gasteiger partial charge >= 0.3 is 0 Å². The van der Waals surface area contributed by atoms with Gasteiger partial charge in [0.15, 0.2) is 0 Å². The van der Waals surface area contributed by atoms with E-state index in [9.17, 15) is 4.79 Å². The first kappa shape index (κ1) is 11.3. The smallest absolute Gasteiger partial charge is 0.251 e. The van der Waals surface area contributed by atoms with Crippen LogP contribution in [0.1, 0.15) is 28.8 Å². The Balaban J connectivity index is 2.00. The lowest BCUT2D eigenvalue weighted by Gasteiger charge is -2.03. The molecule has 0 unspecified atom stereocenters. The highest BCUT2D eigenvalue weighted by molar-refractivity contribution is 7.80. The van der Waals surface area contributed by atoms with Crippen molar-refractivity contribution < 1.29 is 4.79 Å². The standard InChI is InChI=1S/C13H15NOS/c15-13(14-12-7-8-12)11-5-3-10(4-6-11)2-1-9-16/h1-6,12,16H,7-9H2,(H,14,15). The number of rotatable bonds is 4. The van der Waals surface area contributed by atoms with Gasteiger partial charge in [0.1, 0.15) is 0 Å². The molecule has 1 fully saturated rings. The molecule has 1 amide bonds. The van der Waals surface area contributed by atoms with Crippen molar-refractivity contribution in [3.05, 3.63) is 41.5 Å². The van der Waals surface area contributed by atoms with Gasteiger partial charge in [0, 0.05) is 17.4 Å². The highest BCUT2D eigenvalue weighted by Gasteiger charge is 2.23. The summed E-state index contributed by atoms with van der Waals surface area (Å²) in [5.74, 6) is 0.761. The molecule has 16 heavy (non-hydrogen) atoms. The normalized spacial score (nSPS) is 15.3. The second-order valence-electron chi connectivity index (χ2n) is 3.95. The maximum atomic E-state index is 11.7. The quantitative estimate of drug-likeness (QED) is 0.769. The number of benzene rings is 1. The lowest BCUT2D eigenvalue weighted by Crippen LogP contribution is -2.25.